The molecule has 0 radical (unpaired) electrons. The molecule has 0 unspecified atom stereocenters. The van der Waals surface area contributed by atoms with E-state index in [1.165, 1.54) is 0 Å². The Balaban J connectivity index is 3.07. The largest absolute Gasteiger partial charge is 0.321 e. The summed E-state index contributed by atoms with van der Waals surface area (Å²) in [5.74, 6) is 0. The molecular weight excluding hydrogens is 213 g/mol. The van der Waals surface area contributed by atoms with E-state index in [9.17, 15) is 8.78 Å². The van der Waals surface area contributed by atoms with Crippen molar-refractivity contribution in [2.24, 2.45) is 0 Å². The average molecular weight is 221 g/mol. The number of hydrogen-bond donors (Lipinski definition) is 0. The molecule has 0 rings (SSSR count). The first-order chi connectivity index (χ1) is 4.06. The first-order valence-electron chi connectivity index (χ1n) is 2.69. The minimum absolute atomic E-state index is 0.222. The molecular formula is C5H8BrClF2. The van der Waals surface area contributed by atoms with Crippen LogP contribution in [-0.4, -0.2) is 10.7 Å². The van der Waals surface area contributed by atoms with Crippen LogP contribution in [0.4, 0.5) is 8.78 Å². The Morgan fingerprint density at radius 2 is 1.89 bits per heavy atom. The molecule has 0 nitrogen and oxygen atoms in total. The summed E-state index contributed by atoms with van der Waals surface area (Å²) >= 11 is 7.75. The fourth-order valence-corrected chi connectivity index (χ4v) is 0.950. The minimum atomic E-state index is -3.00. The number of hydrogen-bond acceptors (Lipinski definition) is 0. The Kier molecular flexibility index (Phi) is 4.76. The minimum Gasteiger partial charge on any atom is -0.188 e. The topological polar surface area (TPSA) is 0 Å². The van der Waals surface area contributed by atoms with Gasteiger partial charge in [0.2, 0.25) is 0 Å². The Morgan fingerprint density at radius 1 is 1.33 bits per heavy atom. The van der Waals surface area contributed by atoms with Gasteiger partial charge in [-0.05, 0) is 24.4 Å². The molecule has 0 saturated heterocycles. The van der Waals surface area contributed by atoms with Crippen LogP contribution in [0.25, 0.3) is 0 Å². The molecule has 0 aromatic rings. The number of alkyl halides is 4. The van der Waals surface area contributed by atoms with Crippen molar-refractivity contribution in [3.63, 3.8) is 0 Å². The van der Waals surface area contributed by atoms with Gasteiger partial charge >= 0.3 is 5.38 Å². The summed E-state index contributed by atoms with van der Waals surface area (Å²) in [7, 11) is 0. The van der Waals surface area contributed by atoms with Crippen molar-refractivity contribution in [1.29, 1.82) is 0 Å². The summed E-state index contributed by atoms with van der Waals surface area (Å²) in [6.45, 7) is 0. The Labute approximate surface area is 66.7 Å². The number of halogens is 4. The normalized spacial score (nSPS) is 12.0. The molecule has 0 heterocycles. The molecule has 0 fully saturated rings. The SMILES string of the molecule is FC(F)(Cl)CCCCBr. The third-order valence-electron chi connectivity index (χ3n) is 0.844. The molecule has 0 bridgehead atoms. The summed E-state index contributed by atoms with van der Waals surface area (Å²) in [5, 5.41) is -2.23. The highest BCUT2D eigenvalue weighted by Gasteiger charge is 2.22. The predicted molar refractivity (Wildman–Crippen MR) is 38.4 cm³/mol. The number of unbranched alkanes of at least 4 members (excludes halogenated alkanes) is 1. The quantitative estimate of drug-likeness (QED) is 0.504. The third-order valence-corrected chi connectivity index (χ3v) is 1.59. The molecule has 4 heteroatoms. The van der Waals surface area contributed by atoms with Crippen LogP contribution in [0, 0.1) is 0 Å². The highest BCUT2D eigenvalue weighted by Crippen LogP contribution is 2.25. The Hall–Kier alpha value is 0.630. The summed E-state index contributed by atoms with van der Waals surface area (Å²) < 4.78 is 23.6. The van der Waals surface area contributed by atoms with Crippen LogP contribution in [0.1, 0.15) is 19.3 Å². The predicted octanol–water partition coefficient (Wildman–Crippen LogP) is 3.38. The van der Waals surface area contributed by atoms with Gasteiger partial charge in [-0.3, -0.25) is 0 Å². The summed E-state index contributed by atoms with van der Waals surface area (Å²) in [5.41, 5.74) is 0. The monoisotopic (exact) mass is 220 g/mol. The van der Waals surface area contributed by atoms with Gasteiger partial charge in [0, 0.05) is 11.8 Å². The van der Waals surface area contributed by atoms with Gasteiger partial charge < -0.3 is 0 Å². The lowest BCUT2D eigenvalue weighted by molar-refractivity contribution is 0.0836. The van der Waals surface area contributed by atoms with Crippen LogP contribution in [0.2, 0.25) is 0 Å². The van der Waals surface area contributed by atoms with Gasteiger partial charge in [0.1, 0.15) is 0 Å². The molecule has 0 spiro atoms. The molecule has 0 atom stereocenters. The van der Waals surface area contributed by atoms with Crippen molar-refractivity contribution in [1.82, 2.24) is 0 Å². The molecule has 0 aromatic carbocycles. The first kappa shape index (κ1) is 9.63. The molecule has 0 aliphatic heterocycles. The zero-order valence-corrected chi connectivity index (χ0v) is 7.18. The molecule has 0 N–H and O–H groups in total. The van der Waals surface area contributed by atoms with Crippen LogP contribution in [0.5, 0.6) is 0 Å². The average Bonchev–Trinajstić information content (AvgIpc) is 1.63. The van der Waals surface area contributed by atoms with Gasteiger partial charge in [-0.15, -0.1) is 0 Å². The van der Waals surface area contributed by atoms with E-state index < -0.39 is 5.38 Å². The van der Waals surface area contributed by atoms with E-state index in [-0.39, 0.29) is 6.42 Å². The van der Waals surface area contributed by atoms with Crippen LogP contribution >= 0.6 is 27.5 Å². The van der Waals surface area contributed by atoms with Gasteiger partial charge in [-0.25, -0.2) is 0 Å². The Morgan fingerprint density at radius 3 is 2.22 bits per heavy atom. The lowest BCUT2D eigenvalue weighted by Crippen LogP contribution is -2.04. The van der Waals surface area contributed by atoms with E-state index in [1.807, 2.05) is 0 Å². The summed E-state index contributed by atoms with van der Waals surface area (Å²) in [6.07, 6.45) is 1.00. The van der Waals surface area contributed by atoms with Gasteiger partial charge in [-0.2, -0.15) is 8.78 Å². The highest BCUT2D eigenvalue weighted by molar-refractivity contribution is 9.09. The van der Waals surface area contributed by atoms with Gasteiger partial charge in [0.05, 0.1) is 0 Å². The van der Waals surface area contributed by atoms with Crippen molar-refractivity contribution in [3.05, 3.63) is 0 Å². The second-order valence-electron chi connectivity index (χ2n) is 1.76. The highest BCUT2D eigenvalue weighted by atomic mass is 79.9. The fourth-order valence-electron chi connectivity index (χ4n) is 0.420. The zero-order chi connectivity index (χ0) is 7.33. The van der Waals surface area contributed by atoms with Crippen LogP contribution < -0.4 is 0 Å². The van der Waals surface area contributed by atoms with E-state index in [2.05, 4.69) is 27.5 Å². The van der Waals surface area contributed by atoms with E-state index in [4.69, 9.17) is 0 Å². The van der Waals surface area contributed by atoms with Gasteiger partial charge in [-0.1, -0.05) is 15.9 Å². The van der Waals surface area contributed by atoms with E-state index in [1.54, 1.807) is 0 Å². The molecule has 9 heavy (non-hydrogen) atoms. The first-order valence-corrected chi connectivity index (χ1v) is 4.19. The molecule has 0 aliphatic carbocycles. The summed E-state index contributed by atoms with van der Waals surface area (Å²) in [6, 6.07) is 0. The standard InChI is InChI=1S/C5H8BrClF2/c6-4-2-1-3-5(7,8)9/h1-4H2. The van der Waals surface area contributed by atoms with Crippen molar-refractivity contribution >= 4 is 27.5 Å². The second kappa shape index (κ2) is 4.45. The lowest BCUT2D eigenvalue weighted by Gasteiger charge is -2.04. The van der Waals surface area contributed by atoms with Crippen molar-refractivity contribution < 1.29 is 8.78 Å². The third kappa shape index (κ3) is 8.63. The maximum atomic E-state index is 11.8. The molecule has 0 amide bonds. The number of rotatable bonds is 4. The molecule has 0 saturated carbocycles. The maximum absolute atomic E-state index is 11.8. The zero-order valence-electron chi connectivity index (χ0n) is 4.84. The van der Waals surface area contributed by atoms with Crippen molar-refractivity contribution in [2.75, 3.05) is 5.33 Å². The van der Waals surface area contributed by atoms with Gasteiger partial charge in [0.25, 0.3) is 0 Å². The Bertz CT molecular complexity index is 71.8. The molecule has 56 valence electrons. The van der Waals surface area contributed by atoms with Crippen molar-refractivity contribution in [3.8, 4) is 0 Å². The van der Waals surface area contributed by atoms with Crippen molar-refractivity contribution in [2.45, 2.75) is 24.6 Å². The second-order valence-corrected chi connectivity index (χ2v) is 3.11. The summed E-state index contributed by atoms with van der Waals surface area (Å²) in [4.78, 5) is 0. The maximum Gasteiger partial charge on any atom is 0.321 e. The molecule has 0 aliphatic rings. The fraction of sp³-hybridized carbons (Fsp3) is 1.00. The lowest BCUT2D eigenvalue weighted by atomic mass is 10.3. The van der Waals surface area contributed by atoms with E-state index >= 15 is 0 Å². The van der Waals surface area contributed by atoms with E-state index in [0.717, 1.165) is 11.8 Å². The van der Waals surface area contributed by atoms with Gasteiger partial charge in [0.15, 0.2) is 0 Å². The molecule has 0 aromatic heterocycles. The smallest absolute Gasteiger partial charge is 0.188 e. The van der Waals surface area contributed by atoms with Crippen LogP contribution in [0.3, 0.4) is 0 Å². The van der Waals surface area contributed by atoms with E-state index in [0.29, 0.717) is 6.42 Å². The van der Waals surface area contributed by atoms with Crippen LogP contribution in [-0.2, 0) is 0 Å². The van der Waals surface area contributed by atoms with Crippen LogP contribution in [0.15, 0.2) is 0 Å².